The SMILES string of the molecule is COC(=O)c1ccc(C2C(=C([O-])c3c(C)[nH]c(C(=O)OC)c3C)C(=O)C(=O)N2CCC[NH+](C)C)cc1. The number of likely N-dealkylation sites (tertiary alicyclic amines) is 1. The van der Waals surface area contributed by atoms with Crippen LogP contribution in [-0.4, -0.2) is 74.9 Å². The lowest BCUT2D eigenvalue weighted by Crippen LogP contribution is -3.05. The lowest BCUT2D eigenvalue weighted by atomic mass is 9.93. The van der Waals surface area contributed by atoms with Crippen molar-refractivity contribution in [1.82, 2.24) is 9.88 Å². The van der Waals surface area contributed by atoms with E-state index in [-0.39, 0.29) is 23.4 Å². The second-order valence-corrected chi connectivity index (χ2v) is 9.01. The number of ketones is 1. The number of rotatable bonds is 8. The Hall–Kier alpha value is -3.92. The molecular weight excluding hydrogens is 466 g/mol. The van der Waals surface area contributed by atoms with Crippen LogP contribution < -0.4 is 10.0 Å². The highest BCUT2D eigenvalue weighted by atomic mass is 16.5. The molecule has 0 saturated carbocycles. The number of hydrogen-bond donors (Lipinski definition) is 2. The molecule has 0 spiro atoms. The molecule has 1 aromatic heterocycles. The molecule has 10 heteroatoms. The van der Waals surface area contributed by atoms with Crippen LogP contribution in [0.3, 0.4) is 0 Å². The number of amides is 1. The number of H-pyrrole nitrogens is 1. The van der Waals surface area contributed by atoms with E-state index in [2.05, 4.69) is 4.98 Å². The number of carbonyl (C=O) groups excluding carboxylic acids is 4. The van der Waals surface area contributed by atoms with Crippen molar-refractivity contribution in [2.24, 2.45) is 0 Å². The first kappa shape index (κ1) is 26.7. The van der Waals surface area contributed by atoms with Gasteiger partial charge in [0.1, 0.15) is 5.69 Å². The highest BCUT2D eigenvalue weighted by molar-refractivity contribution is 6.46. The summed E-state index contributed by atoms with van der Waals surface area (Å²) in [7, 11) is 6.47. The van der Waals surface area contributed by atoms with E-state index in [4.69, 9.17) is 9.47 Å². The Kier molecular flexibility index (Phi) is 7.99. The Morgan fingerprint density at radius 1 is 1.06 bits per heavy atom. The summed E-state index contributed by atoms with van der Waals surface area (Å²) in [6.07, 6.45) is 0.619. The number of aryl methyl sites for hydroxylation is 1. The summed E-state index contributed by atoms with van der Waals surface area (Å²) in [6, 6.07) is 5.34. The molecule has 2 aromatic rings. The van der Waals surface area contributed by atoms with Crippen molar-refractivity contribution in [3.05, 3.63) is 63.5 Å². The second kappa shape index (κ2) is 10.8. The summed E-state index contributed by atoms with van der Waals surface area (Å²) in [6.45, 7) is 4.23. The van der Waals surface area contributed by atoms with Crippen molar-refractivity contribution < 1.29 is 38.7 Å². The second-order valence-electron chi connectivity index (χ2n) is 9.01. The zero-order valence-corrected chi connectivity index (χ0v) is 21.3. The normalized spacial score (nSPS) is 17.1. The lowest BCUT2D eigenvalue weighted by molar-refractivity contribution is -0.858. The van der Waals surface area contributed by atoms with E-state index in [1.54, 1.807) is 26.0 Å². The van der Waals surface area contributed by atoms with Gasteiger partial charge in [-0.3, -0.25) is 9.59 Å². The van der Waals surface area contributed by atoms with E-state index in [1.165, 1.54) is 36.2 Å². The number of carbonyl (C=O) groups is 4. The highest BCUT2D eigenvalue weighted by Gasteiger charge is 2.44. The van der Waals surface area contributed by atoms with Crippen molar-refractivity contribution in [1.29, 1.82) is 0 Å². The number of methoxy groups -OCH3 is 2. The molecule has 1 aromatic carbocycles. The maximum atomic E-state index is 13.8. The van der Waals surface area contributed by atoms with Crippen LogP contribution in [-0.2, 0) is 19.1 Å². The predicted molar refractivity (Wildman–Crippen MR) is 128 cm³/mol. The molecule has 1 amide bonds. The lowest BCUT2D eigenvalue weighted by Gasteiger charge is -2.28. The average molecular weight is 498 g/mol. The maximum Gasteiger partial charge on any atom is 0.354 e. The smallest absolute Gasteiger partial charge is 0.354 e. The van der Waals surface area contributed by atoms with E-state index in [0.717, 1.165) is 6.54 Å². The van der Waals surface area contributed by atoms with Crippen molar-refractivity contribution >= 4 is 29.4 Å². The molecule has 3 rings (SSSR count). The van der Waals surface area contributed by atoms with Gasteiger partial charge in [0.2, 0.25) is 5.78 Å². The molecule has 2 heterocycles. The fourth-order valence-corrected chi connectivity index (χ4v) is 4.50. The van der Waals surface area contributed by atoms with Crippen LogP contribution in [0.15, 0.2) is 29.8 Å². The Balaban J connectivity index is 2.17. The molecule has 36 heavy (non-hydrogen) atoms. The molecule has 192 valence electrons. The zero-order chi connectivity index (χ0) is 26.7. The van der Waals surface area contributed by atoms with Crippen molar-refractivity contribution in [3.63, 3.8) is 0 Å². The third kappa shape index (κ3) is 4.90. The number of Topliss-reactive ketones (excluding diaryl/α,β-unsaturated/α-hetero) is 1. The van der Waals surface area contributed by atoms with Gasteiger partial charge in [0.25, 0.3) is 5.91 Å². The number of aromatic amines is 1. The standard InChI is InChI=1S/C26H31N3O7/c1-14-18(15(2)27-20(14)26(34)36-6)22(30)19-21(16-8-10-17(11-9-16)25(33)35-5)29(24(32)23(19)31)13-7-12-28(3)4/h8-11,21,27,30H,7,12-13H2,1-6H3. The van der Waals surface area contributed by atoms with Crippen LogP contribution in [0.2, 0.25) is 0 Å². The fraction of sp³-hybridized carbons (Fsp3) is 0.385. The molecule has 10 nitrogen and oxygen atoms in total. The Morgan fingerprint density at radius 2 is 1.67 bits per heavy atom. The van der Waals surface area contributed by atoms with Gasteiger partial charge in [-0.25, -0.2) is 9.59 Å². The number of ether oxygens (including phenoxy) is 2. The monoisotopic (exact) mass is 497 g/mol. The van der Waals surface area contributed by atoms with Crippen LogP contribution >= 0.6 is 0 Å². The molecule has 1 atom stereocenters. The number of nitrogens with one attached hydrogen (secondary N) is 2. The number of nitrogens with zero attached hydrogens (tertiary/aromatic N) is 1. The molecule has 1 unspecified atom stereocenters. The Morgan fingerprint density at radius 3 is 2.22 bits per heavy atom. The van der Waals surface area contributed by atoms with Gasteiger partial charge in [-0.2, -0.15) is 0 Å². The predicted octanol–water partition coefficient (Wildman–Crippen LogP) is -0.0367. The van der Waals surface area contributed by atoms with Gasteiger partial charge < -0.3 is 29.4 Å². The van der Waals surface area contributed by atoms with Gasteiger partial charge in [-0.15, -0.1) is 0 Å². The summed E-state index contributed by atoms with van der Waals surface area (Å²) < 4.78 is 9.53. The molecule has 0 bridgehead atoms. The summed E-state index contributed by atoms with van der Waals surface area (Å²) in [5, 5.41) is 13.8. The van der Waals surface area contributed by atoms with E-state index >= 15 is 0 Å². The van der Waals surface area contributed by atoms with Gasteiger partial charge in [-0.1, -0.05) is 17.9 Å². The van der Waals surface area contributed by atoms with E-state index < -0.39 is 35.4 Å². The average Bonchev–Trinajstić information content (AvgIpc) is 3.29. The number of benzene rings is 1. The molecule has 1 fully saturated rings. The highest BCUT2D eigenvalue weighted by Crippen LogP contribution is 2.40. The van der Waals surface area contributed by atoms with E-state index in [1.807, 2.05) is 14.1 Å². The third-order valence-corrected chi connectivity index (χ3v) is 6.31. The minimum absolute atomic E-state index is 0.112. The largest absolute Gasteiger partial charge is 0.872 e. The maximum absolute atomic E-state index is 13.8. The van der Waals surface area contributed by atoms with E-state index in [0.29, 0.717) is 28.8 Å². The quantitative estimate of drug-likeness (QED) is 0.226. The molecule has 0 radical (unpaired) electrons. The first-order valence-electron chi connectivity index (χ1n) is 11.5. The molecule has 1 aliphatic rings. The summed E-state index contributed by atoms with van der Waals surface area (Å²) in [5.74, 6) is -3.43. The van der Waals surface area contributed by atoms with Crippen LogP contribution in [0, 0.1) is 13.8 Å². The van der Waals surface area contributed by atoms with E-state index in [9.17, 15) is 24.3 Å². The molecule has 0 aliphatic carbocycles. The van der Waals surface area contributed by atoms with Crippen LogP contribution in [0.1, 0.15) is 55.7 Å². The first-order valence-corrected chi connectivity index (χ1v) is 11.5. The van der Waals surface area contributed by atoms with Gasteiger partial charge in [0.05, 0.1) is 46.5 Å². The number of hydrogen-bond acceptors (Lipinski definition) is 7. The zero-order valence-electron chi connectivity index (χ0n) is 21.3. The fourth-order valence-electron chi connectivity index (χ4n) is 4.50. The minimum atomic E-state index is -0.934. The summed E-state index contributed by atoms with van der Waals surface area (Å²) in [5.41, 5.74) is 1.62. The Labute approximate surface area is 209 Å². The van der Waals surface area contributed by atoms with Crippen molar-refractivity contribution in [2.75, 3.05) is 41.4 Å². The van der Waals surface area contributed by atoms with Gasteiger partial charge >= 0.3 is 11.9 Å². The van der Waals surface area contributed by atoms with Gasteiger partial charge in [-0.05, 0) is 42.7 Å². The molecule has 1 aliphatic heterocycles. The van der Waals surface area contributed by atoms with Crippen LogP contribution in [0.5, 0.6) is 0 Å². The van der Waals surface area contributed by atoms with Crippen molar-refractivity contribution in [3.8, 4) is 0 Å². The van der Waals surface area contributed by atoms with Gasteiger partial charge in [0, 0.05) is 24.2 Å². The van der Waals surface area contributed by atoms with Gasteiger partial charge in [0.15, 0.2) is 0 Å². The molecule has 2 N–H and O–H groups in total. The summed E-state index contributed by atoms with van der Waals surface area (Å²) in [4.78, 5) is 55.8. The van der Waals surface area contributed by atoms with Crippen LogP contribution in [0.25, 0.3) is 5.76 Å². The number of esters is 2. The molecular formula is C26H31N3O7. The first-order chi connectivity index (χ1) is 17.0. The van der Waals surface area contributed by atoms with Crippen LogP contribution in [0.4, 0.5) is 0 Å². The topological polar surface area (TPSA) is 133 Å². The summed E-state index contributed by atoms with van der Waals surface area (Å²) >= 11 is 0. The number of quaternary nitrogens is 1. The van der Waals surface area contributed by atoms with Crippen molar-refractivity contribution in [2.45, 2.75) is 26.3 Å². The molecule has 1 saturated heterocycles. The Bertz CT molecular complexity index is 1220. The minimum Gasteiger partial charge on any atom is -0.872 e. The third-order valence-electron chi connectivity index (χ3n) is 6.31. The number of aromatic nitrogens is 1.